The van der Waals surface area contributed by atoms with E-state index in [9.17, 15) is 18.7 Å². The Labute approximate surface area is 153 Å². The predicted octanol–water partition coefficient (Wildman–Crippen LogP) is 3.37. The van der Waals surface area contributed by atoms with E-state index in [1.807, 2.05) is 0 Å². The molecule has 25 heavy (non-hydrogen) atoms. The highest BCUT2D eigenvalue weighted by Gasteiger charge is 2.34. The summed E-state index contributed by atoms with van der Waals surface area (Å²) in [5.41, 5.74) is 1.09. The molecular formula is C15H11BrF2N4O2S. The molecule has 1 aliphatic heterocycles. The van der Waals surface area contributed by atoms with Gasteiger partial charge in [0.25, 0.3) is 0 Å². The monoisotopic (exact) mass is 428 g/mol. The number of H-pyrrole nitrogens is 1. The van der Waals surface area contributed by atoms with Gasteiger partial charge in [0.2, 0.25) is 0 Å². The SMILES string of the molecule is O=C(O)C(c1[nH]c(=S)n2c1CC(F)C2)n1cc2c(F)cc(Br)cc2n1. The normalized spacial score (nSPS) is 17.8. The van der Waals surface area contributed by atoms with Crippen LogP contribution in [-0.4, -0.2) is 36.6 Å². The van der Waals surface area contributed by atoms with Crippen LogP contribution in [0.5, 0.6) is 0 Å². The van der Waals surface area contributed by atoms with Crippen LogP contribution in [0.1, 0.15) is 17.4 Å². The average molecular weight is 429 g/mol. The Morgan fingerprint density at radius 2 is 2.28 bits per heavy atom. The highest BCUT2D eigenvalue weighted by atomic mass is 79.9. The van der Waals surface area contributed by atoms with Crippen LogP contribution >= 0.6 is 28.1 Å². The van der Waals surface area contributed by atoms with Crippen LogP contribution in [0.2, 0.25) is 0 Å². The number of halogens is 3. The molecule has 0 radical (unpaired) electrons. The lowest BCUT2D eigenvalue weighted by Crippen LogP contribution is -2.22. The van der Waals surface area contributed by atoms with Crippen molar-refractivity contribution in [3.63, 3.8) is 0 Å². The maximum Gasteiger partial charge on any atom is 0.334 e. The van der Waals surface area contributed by atoms with Gasteiger partial charge >= 0.3 is 5.97 Å². The molecule has 0 saturated heterocycles. The van der Waals surface area contributed by atoms with Gasteiger partial charge in [0.15, 0.2) is 10.8 Å². The first kappa shape index (κ1) is 16.4. The number of carboxylic acids is 1. The number of alkyl halides is 1. The number of hydrogen-bond acceptors (Lipinski definition) is 3. The molecule has 0 aliphatic carbocycles. The van der Waals surface area contributed by atoms with Gasteiger partial charge in [-0.15, -0.1) is 0 Å². The Kier molecular flexibility index (Phi) is 3.76. The van der Waals surface area contributed by atoms with Gasteiger partial charge in [-0.25, -0.2) is 13.6 Å². The van der Waals surface area contributed by atoms with E-state index in [2.05, 4.69) is 26.0 Å². The number of aliphatic carboxylic acids is 1. The molecule has 130 valence electrons. The van der Waals surface area contributed by atoms with Crippen molar-refractivity contribution in [1.29, 1.82) is 0 Å². The fourth-order valence-corrected chi connectivity index (χ4v) is 3.92. The molecule has 10 heteroatoms. The molecule has 3 aromatic rings. The minimum absolute atomic E-state index is 0.0763. The Hall–Kier alpha value is -2.07. The van der Waals surface area contributed by atoms with E-state index in [4.69, 9.17) is 12.2 Å². The van der Waals surface area contributed by atoms with Crippen molar-refractivity contribution in [2.45, 2.75) is 25.2 Å². The van der Waals surface area contributed by atoms with Crippen molar-refractivity contribution < 1.29 is 18.7 Å². The molecule has 2 atom stereocenters. The smallest absolute Gasteiger partial charge is 0.334 e. The number of rotatable bonds is 3. The maximum atomic E-state index is 14.1. The van der Waals surface area contributed by atoms with Crippen molar-refractivity contribution in [3.8, 4) is 0 Å². The van der Waals surface area contributed by atoms with Gasteiger partial charge in [-0.2, -0.15) is 5.10 Å². The van der Waals surface area contributed by atoms with Crippen LogP contribution in [0, 0.1) is 10.6 Å². The molecule has 0 fully saturated rings. The molecule has 0 saturated carbocycles. The van der Waals surface area contributed by atoms with Gasteiger partial charge in [0, 0.05) is 22.8 Å². The molecule has 2 aromatic heterocycles. The van der Waals surface area contributed by atoms with Crippen molar-refractivity contribution in [3.05, 3.63) is 44.8 Å². The summed E-state index contributed by atoms with van der Waals surface area (Å²) in [5, 5.41) is 14.1. The Balaban J connectivity index is 1.90. The number of benzene rings is 1. The largest absolute Gasteiger partial charge is 0.479 e. The minimum atomic E-state index is -1.26. The first-order valence-corrected chi connectivity index (χ1v) is 8.57. The molecule has 0 bridgehead atoms. The molecule has 4 rings (SSSR count). The van der Waals surface area contributed by atoms with Crippen LogP contribution in [0.3, 0.4) is 0 Å². The Morgan fingerprint density at radius 1 is 1.52 bits per heavy atom. The first-order chi connectivity index (χ1) is 11.8. The van der Waals surface area contributed by atoms with Crippen LogP contribution in [-0.2, 0) is 17.8 Å². The number of aromatic nitrogens is 4. The lowest BCUT2D eigenvalue weighted by molar-refractivity contribution is -0.139. The summed E-state index contributed by atoms with van der Waals surface area (Å²) in [6.07, 6.45) is 0.302. The quantitative estimate of drug-likeness (QED) is 0.627. The molecule has 1 aliphatic rings. The van der Waals surface area contributed by atoms with E-state index >= 15 is 0 Å². The van der Waals surface area contributed by atoms with Gasteiger partial charge < -0.3 is 14.7 Å². The van der Waals surface area contributed by atoms with E-state index in [1.165, 1.54) is 12.3 Å². The topological polar surface area (TPSA) is 75.8 Å². The third kappa shape index (κ3) is 2.60. The zero-order valence-corrected chi connectivity index (χ0v) is 14.9. The van der Waals surface area contributed by atoms with E-state index in [-0.39, 0.29) is 28.8 Å². The Bertz CT molecular complexity index is 1070. The summed E-state index contributed by atoms with van der Waals surface area (Å²) in [4.78, 5) is 14.8. The van der Waals surface area contributed by atoms with Gasteiger partial charge in [0.05, 0.1) is 23.1 Å². The molecule has 1 aromatic carbocycles. The van der Waals surface area contributed by atoms with Gasteiger partial charge in [-0.05, 0) is 24.4 Å². The summed E-state index contributed by atoms with van der Waals surface area (Å²) in [6, 6.07) is 1.62. The van der Waals surface area contributed by atoms with Gasteiger partial charge in [-0.1, -0.05) is 15.9 Å². The first-order valence-electron chi connectivity index (χ1n) is 7.37. The second-order valence-electron chi connectivity index (χ2n) is 5.87. The third-order valence-electron chi connectivity index (χ3n) is 4.25. The van der Waals surface area contributed by atoms with Crippen LogP contribution in [0.25, 0.3) is 10.9 Å². The summed E-state index contributed by atoms with van der Waals surface area (Å²) >= 11 is 8.35. The number of fused-ring (bicyclic) bond motifs is 2. The number of carbonyl (C=O) groups is 1. The van der Waals surface area contributed by atoms with E-state index in [1.54, 1.807) is 10.6 Å². The lowest BCUT2D eigenvalue weighted by Gasteiger charge is -2.12. The van der Waals surface area contributed by atoms with Crippen LogP contribution in [0.15, 0.2) is 22.8 Å². The van der Waals surface area contributed by atoms with Crippen LogP contribution < -0.4 is 0 Å². The molecule has 2 N–H and O–H groups in total. The number of imidazole rings is 1. The number of nitrogens with one attached hydrogen (secondary N) is 1. The summed E-state index contributed by atoms with van der Waals surface area (Å²) in [7, 11) is 0. The van der Waals surface area contributed by atoms with Gasteiger partial charge in [-0.3, -0.25) is 4.68 Å². The predicted molar refractivity (Wildman–Crippen MR) is 91.4 cm³/mol. The number of aromatic amines is 1. The zero-order valence-electron chi connectivity index (χ0n) is 12.5. The van der Waals surface area contributed by atoms with Crippen molar-refractivity contribution in [1.82, 2.24) is 19.3 Å². The molecule has 3 heterocycles. The number of nitrogens with zero attached hydrogens (tertiary/aromatic N) is 3. The van der Waals surface area contributed by atoms with Crippen LogP contribution in [0.4, 0.5) is 8.78 Å². The second-order valence-corrected chi connectivity index (χ2v) is 7.18. The Morgan fingerprint density at radius 3 is 3.00 bits per heavy atom. The highest BCUT2D eigenvalue weighted by Crippen LogP contribution is 2.30. The standard InChI is InChI=1S/C15H11BrF2N4O2S/c16-6-1-9(18)8-5-22(20-10(8)2-6)13(14(23)24)12-11-3-7(17)4-21(11)15(25)19-12/h1-2,5,7,13H,3-4H2,(H,19,25)(H,23,24). The van der Waals surface area contributed by atoms with Gasteiger partial charge in [0.1, 0.15) is 12.0 Å². The molecule has 0 amide bonds. The van der Waals surface area contributed by atoms with E-state index in [0.717, 1.165) is 4.68 Å². The fourth-order valence-electron chi connectivity index (χ4n) is 3.20. The van der Waals surface area contributed by atoms with Crippen molar-refractivity contribution >= 4 is 45.0 Å². The van der Waals surface area contributed by atoms with Crippen molar-refractivity contribution in [2.24, 2.45) is 0 Å². The van der Waals surface area contributed by atoms with Crippen molar-refractivity contribution in [2.75, 3.05) is 0 Å². The lowest BCUT2D eigenvalue weighted by atomic mass is 10.1. The summed E-state index contributed by atoms with van der Waals surface area (Å²) in [6.45, 7) is 0.0969. The second kappa shape index (κ2) is 5.73. The minimum Gasteiger partial charge on any atom is -0.479 e. The highest BCUT2D eigenvalue weighted by molar-refractivity contribution is 9.10. The van der Waals surface area contributed by atoms with E-state index < -0.39 is 24.0 Å². The molecule has 6 nitrogen and oxygen atoms in total. The number of carboxylic acid groups (broad SMARTS) is 1. The molecular weight excluding hydrogens is 418 g/mol. The fraction of sp³-hybridized carbons (Fsp3) is 0.267. The maximum absolute atomic E-state index is 14.1. The third-order valence-corrected chi connectivity index (χ3v) is 5.03. The zero-order chi connectivity index (χ0) is 17.9. The summed E-state index contributed by atoms with van der Waals surface area (Å²) in [5.74, 6) is -1.71. The number of hydrogen-bond donors (Lipinski definition) is 2. The van der Waals surface area contributed by atoms with E-state index in [0.29, 0.717) is 15.7 Å². The average Bonchev–Trinajstić information content (AvgIpc) is 3.16. The summed E-state index contributed by atoms with van der Waals surface area (Å²) < 4.78 is 31.3. The molecule has 0 spiro atoms. The molecule has 2 unspecified atom stereocenters.